The number of rotatable bonds is 2. The SMILES string of the molecule is CSC(=Nc1ccc(C2=CSC3=NCCN23)cc1)NC#N. The minimum Gasteiger partial charge on any atom is -0.318 e. The van der Waals surface area contributed by atoms with Crippen molar-refractivity contribution in [3.8, 4) is 6.19 Å². The molecule has 2 aliphatic heterocycles. The molecular weight excluding hydrogens is 302 g/mol. The predicted molar refractivity (Wildman–Crippen MR) is 90.4 cm³/mol. The molecule has 0 unspecified atom stereocenters. The summed E-state index contributed by atoms with van der Waals surface area (Å²) in [5.41, 5.74) is 3.19. The minimum absolute atomic E-state index is 0.592. The van der Waals surface area contributed by atoms with Gasteiger partial charge >= 0.3 is 0 Å². The highest BCUT2D eigenvalue weighted by Crippen LogP contribution is 2.35. The second-order valence-corrected chi connectivity index (χ2v) is 5.97. The van der Waals surface area contributed by atoms with Crippen LogP contribution in [0.25, 0.3) is 5.70 Å². The maximum Gasteiger partial charge on any atom is 0.183 e. The highest BCUT2D eigenvalue weighted by atomic mass is 32.2. The number of nitrogens with one attached hydrogen (secondary N) is 1. The van der Waals surface area contributed by atoms with E-state index in [9.17, 15) is 0 Å². The molecule has 0 fully saturated rings. The van der Waals surface area contributed by atoms with Crippen LogP contribution in [0.5, 0.6) is 0 Å². The van der Waals surface area contributed by atoms with E-state index in [4.69, 9.17) is 5.26 Å². The fraction of sp³-hybridized carbons (Fsp3) is 0.214. The van der Waals surface area contributed by atoms with E-state index in [-0.39, 0.29) is 0 Å². The quantitative estimate of drug-likeness (QED) is 0.393. The lowest BCUT2D eigenvalue weighted by atomic mass is 10.1. The Labute approximate surface area is 131 Å². The van der Waals surface area contributed by atoms with E-state index in [0.29, 0.717) is 5.17 Å². The Hall–Kier alpha value is -1.91. The zero-order chi connectivity index (χ0) is 14.7. The van der Waals surface area contributed by atoms with Gasteiger partial charge in [-0.1, -0.05) is 35.7 Å². The Morgan fingerprint density at radius 1 is 1.48 bits per heavy atom. The van der Waals surface area contributed by atoms with Crippen molar-refractivity contribution in [3.05, 3.63) is 35.2 Å². The number of hydrogen-bond donors (Lipinski definition) is 1. The van der Waals surface area contributed by atoms with Crippen molar-refractivity contribution in [2.24, 2.45) is 9.98 Å². The molecule has 1 N–H and O–H groups in total. The Bertz CT molecular complexity index is 670. The third-order valence-electron chi connectivity index (χ3n) is 3.12. The zero-order valence-corrected chi connectivity index (χ0v) is 13.0. The van der Waals surface area contributed by atoms with Crippen molar-refractivity contribution in [2.45, 2.75) is 0 Å². The number of thioether (sulfide) groups is 2. The van der Waals surface area contributed by atoms with Crippen LogP contribution in [0.2, 0.25) is 0 Å². The number of amidine groups is 2. The van der Waals surface area contributed by atoms with Gasteiger partial charge in [0.05, 0.1) is 17.9 Å². The average Bonchev–Trinajstić information content (AvgIpc) is 3.10. The van der Waals surface area contributed by atoms with Crippen molar-refractivity contribution in [2.75, 3.05) is 19.3 Å². The van der Waals surface area contributed by atoms with Gasteiger partial charge in [0.25, 0.3) is 0 Å². The van der Waals surface area contributed by atoms with E-state index >= 15 is 0 Å². The minimum atomic E-state index is 0.592. The molecule has 1 aromatic carbocycles. The van der Waals surface area contributed by atoms with E-state index in [1.54, 1.807) is 11.8 Å². The summed E-state index contributed by atoms with van der Waals surface area (Å²) in [7, 11) is 0. The average molecular weight is 315 g/mol. The Morgan fingerprint density at radius 3 is 3.00 bits per heavy atom. The van der Waals surface area contributed by atoms with Crippen molar-refractivity contribution >= 4 is 45.2 Å². The molecule has 0 saturated heterocycles. The molecule has 0 amide bonds. The van der Waals surface area contributed by atoms with Crippen molar-refractivity contribution in [3.63, 3.8) is 0 Å². The van der Waals surface area contributed by atoms with Gasteiger partial charge in [0.2, 0.25) is 0 Å². The van der Waals surface area contributed by atoms with Crippen LogP contribution in [0.4, 0.5) is 5.69 Å². The molecular formula is C14H13N5S2. The summed E-state index contributed by atoms with van der Waals surface area (Å²) in [4.78, 5) is 11.1. The fourth-order valence-electron chi connectivity index (χ4n) is 2.14. The number of fused-ring (bicyclic) bond motifs is 1. The monoisotopic (exact) mass is 315 g/mol. The molecule has 2 aliphatic rings. The van der Waals surface area contributed by atoms with Gasteiger partial charge in [-0.2, -0.15) is 5.26 Å². The molecule has 0 radical (unpaired) electrons. The molecule has 0 atom stereocenters. The smallest absolute Gasteiger partial charge is 0.183 e. The highest BCUT2D eigenvalue weighted by molar-refractivity contribution is 8.16. The van der Waals surface area contributed by atoms with Crippen LogP contribution >= 0.6 is 23.5 Å². The number of nitriles is 1. The van der Waals surface area contributed by atoms with Gasteiger partial charge in [0.15, 0.2) is 16.5 Å². The molecule has 0 aromatic heterocycles. The van der Waals surface area contributed by atoms with E-state index < -0.39 is 0 Å². The van der Waals surface area contributed by atoms with Crippen LogP contribution in [0.3, 0.4) is 0 Å². The summed E-state index contributed by atoms with van der Waals surface area (Å²) in [6.45, 7) is 1.83. The second kappa shape index (κ2) is 6.24. The number of nitrogens with zero attached hydrogens (tertiary/aromatic N) is 4. The Balaban J connectivity index is 1.79. The van der Waals surface area contributed by atoms with E-state index in [1.807, 2.05) is 24.6 Å². The van der Waals surface area contributed by atoms with Crippen molar-refractivity contribution in [1.82, 2.24) is 10.2 Å². The first kappa shape index (κ1) is 14.0. The fourth-order valence-corrected chi connectivity index (χ4v) is 3.45. The topological polar surface area (TPSA) is 63.8 Å². The van der Waals surface area contributed by atoms with Gasteiger partial charge in [-0.15, -0.1) is 0 Å². The molecule has 0 saturated carbocycles. The maximum absolute atomic E-state index is 8.64. The van der Waals surface area contributed by atoms with Gasteiger partial charge in [0, 0.05) is 12.0 Å². The second-order valence-electron chi connectivity index (χ2n) is 4.34. The first-order chi connectivity index (χ1) is 10.3. The van der Waals surface area contributed by atoms with E-state index in [2.05, 4.69) is 37.7 Å². The van der Waals surface area contributed by atoms with Crippen LogP contribution in [-0.2, 0) is 0 Å². The van der Waals surface area contributed by atoms with Gasteiger partial charge in [-0.05, 0) is 24.0 Å². The van der Waals surface area contributed by atoms with Gasteiger partial charge in [-0.25, -0.2) is 4.99 Å². The third kappa shape index (κ3) is 2.91. The summed E-state index contributed by atoms with van der Waals surface area (Å²) >= 11 is 3.09. The number of aliphatic imine (C=N–C) groups is 2. The van der Waals surface area contributed by atoms with Crippen molar-refractivity contribution in [1.29, 1.82) is 5.26 Å². The molecule has 0 bridgehead atoms. The molecule has 1 aromatic rings. The summed E-state index contributed by atoms with van der Waals surface area (Å²) in [5, 5.41) is 15.0. The van der Waals surface area contributed by atoms with Gasteiger partial charge < -0.3 is 4.90 Å². The molecule has 3 rings (SSSR count). The molecule has 7 heteroatoms. The molecule has 0 aliphatic carbocycles. The predicted octanol–water partition coefficient (Wildman–Crippen LogP) is 2.82. The van der Waals surface area contributed by atoms with Gasteiger partial charge in [0.1, 0.15) is 0 Å². The van der Waals surface area contributed by atoms with Crippen LogP contribution in [0.1, 0.15) is 5.56 Å². The summed E-state index contributed by atoms with van der Waals surface area (Å²) in [6, 6.07) is 8.02. The summed E-state index contributed by atoms with van der Waals surface area (Å²) in [5.74, 6) is 0. The zero-order valence-electron chi connectivity index (χ0n) is 11.4. The lowest BCUT2D eigenvalue weighted by Gasteiger charge is -2.16. The normalized spacial score (nSPS) is 17.1. The summed E-state index contributed by atoms with van der Waals surface area (Å²) in [6.07, 6.45) is 3.77. The van der Waals surface area contributed by atoms with Crippen LogP contribution in [-0.4, -0.2) is 34.6 Å². The van der Waals surface area contributed by atoms with Crippen LogP contribution < -0.4 is 5.32 Å². The molecule has 2 heterocycles. The Morgan fingerprint density at radius 2 is 2.29 bits per heavy atom. The standard InChI is InChI=1S/C14H13N5S2/c1-20-13(17-9-15)18-11-4-2-10(3-5-11)12-8-21-14-16-6-7-19(12)14/h2-5,8H,6-7H2,1H3,(H,17,18). The lowest BCUT2D eigenvalue weighted by molar-refractivity contribution is 0.650. The third-order valence-corrected chi connectivity index (χ3v) is 4.60. The maximum atomic E-state index is 8.64. The number of hydrogen-bond acceptors (Lipinski definition) is 6. The summed E-state index contributed by atoms with van der Waals surface area (Å²) < 4.78 is 0. The molecule has 21 heavy (non-hydrogen) atoms. The van der Waals surface area contributed by atoms with Crippen LogP contribution in [0.15, 0.2) is 39.7 Å². The first-order valence-electron chi connectivity index (χ1n) is 6.39. The Kier molecular flexibility index (Phi) is 4.18. The van der Waals surface area contributed by atoms with Crippen LogP contribution in [0, 0.1) is 11.5 Å². The first-order valence-corrected chi connectivity index (χ1v) is 8.49. The molecule has 5 nitrogen and oxygen atoms in total. The van der Waals surface area contributed by atoms with E-state index in [1.165, 1.54) is 17.5 Å². The molecule has 106 valence electrons. The van der Waals surface area contributed by atoms with E-state index in [0.717, 1.165) is 29.5 Å². The van der Waals surface area contributed by atoms with Crippen molar-refractivity contribution < 1.29 is 0 Å². The number of benzene rings is 1. The van der Waals surface area contributed by atoms with Gasteiger partial charge in [-0.3, -0.25) is 10.3 Å². The largest absolute Gasteiger partial charge is 0.318 e. The molecule has 0 spiro atoms. The highest BCUT2D eigenvalue weighted by Gasteiger charge is 2.26. The lowest BCUT2D eigenvalue weighted by Crippen LogP contribution is -2.19.